The van der Waals surface area contributed by atoms with Crippen LogP contribution in [0.25, 0.3) is 22.4 Å². The van der Waals surface area contributed by atoms with E-state index in [1.165, 1.54) is 6.39 Å². The highest BCUT2D eigenvalue weighted by Gasteiger charge is 2.25. The predicted molar refractivity (Wildman–Crippen MR) is 128 cm³/mol. The Labute approximate surface area is 201 Å². The molecule has 5 heterocycles. The molecular formula is C24H26N8O3. The SMILES string of the molecule is c1cnc(NC2CCC(Oc3nc(N4CCOCC4)cc4ncc(-c5nnco5)cc34)CC2)nc1. The van der Waals surface area contributed by atoms with E-state index < -0.39 is 0 Å². The van der Waals surface area contributed by atoms with E-state index in [1.54, 1.807) is 18.6 Å². The number of hydrogen-bond acceptors (Lipinski definition) is 11. The van der Waals surface area contributed by atoms with Crippen molar-refractivity contribution < 1.29 is 13.9 Å². The molecule has 0 atom stereocenters. The minimum Gasteiger partial charge on any atom is -0.474 e. The van der Waals surface area contributed by atoms with Crippen LogP contribution in [-0.2, 0) is 4.74 Å². The van der Waals surface area contributed by atoms with Crippen LogP contribution in [0.5, 0.6) is 5.88 Å². The zero-order valence-electron chi connectivity index (χ0n) is 19.2. The lowest BCUT2D eigenvalue weighted by molar-refractivity contribution is 0.122. The van der Waals surface area contributed by atoms with Gasteiger partial charge >= 0.3 is 0 Å². The van der Waals surface area contributed by atoms with Crippen molar-refractivity contribution in [3.63, 3.8) is 0 Å². The number of pyridine rings is 2. The molecule has 0 radical (unpaired) electrons. The summed E-state index contributed by atoms with van der Waals surface area (Å²) in [6, 6.07) is 6.11. The molecule has 1 aliphatic carbocycles. The lowest BCUT2D eigenvalue weighted by Crippen LogP contribution is -2.37. The first-order valence-corrected chi connectivity index (χ1v) is 11.9. The van der Waals surface area contributed by atoms with Gasteiger partial charge in [0.15, 0.2) is 0 Å². The van der Waals surface area contributed by atoms with Crippen LogP contribution in [-0.4, -0.2) is 68.6 Å². The molecule has 0 unspecified atom stereocenters. The summed E-state index contributed by atoms with van der Waals surface area (Å²) in [5.74, 6) is 2.52. The first kappa shape index (κ1) is 21.7. The van der Waals surface area contributed by atoms with Crippen LogP contribution in [0.15, 0.2) is 47.6 Å². The molecule has 0 aromatic carbocycles. The third kappa shape index (κ3) is 4.85. The van der Waals surface area contributed by atoms with E-state index in [-0.39, 0.29) is 6.10 Å². The Morgan fingerprint density at radius 1 is 1.00 bits per heavy atom. The van der Waals surface area contributed by atoms with Crippen molar-refractivity contribution in [2.75, 3.05) is 36.5 Å². The molecule has 0 spiro atoms. The van der Waals surface area contributed by atoms with Crippen molar-refractivity contribution in [1.82, 2.24) is 30.1 Å². The fourth-order valence-electron chi connectivity index (χ4n) is 4.58. The standard InChI is InChI=1S/C24H26N8O3/c1-6-25-24(26-7-1)29-17-2-4-18(5-3-17)35-23-19-12-16(22-31-28-15-34-22)14-27-20(19)13-21(30-23)32-8-10-33-11-9-32/h1,6-7,12-15,17-18H,2-5,8-11H2,(H,25,26,29). The van der Waals surface area contributed by atoms with E-state index in [4.69, 9.17) is 18.9 Å². The summed E-state index contributed by atoms with van der Waals surface area (Å²) in [5, 5.41) is 12.1. The second-order valence-electron chi connectivity index (χ2n) is 8.73. The number of hydrogen-bond donors (Lipinski definition) is 1. The maximum atomic E-state index is 6.54. The zero-order chi connectivity index (χ0) is 23.5. The summed E-state index contributed by atoms with van der Waals surface area (Å²) in [7, 11) is 0. The Kier molecular flexibility index (Phi) is 6.06. The molecule has 0 amide bonds. The molecule has 4 aromatic heterocycles. The molecule has 11 heteroatoms. The molecule has 35 heavy (non-hydrogen) atoms. The first-order chi connectivity index (χ1) is 17.3. The molecule has 180 valence electrons. The summed E-state index contributed by atoms with van der Waals surface area (Å²) in [6.45, 7) is 2.94. The molecule has 4 aromatic rings. The molecule has 2 fully saturated rings. The number of anilines is 2. The second-order valence-corrected chi connectivity index (χ2v) is 8.73. The van der Waals surface area contributed by atoms with Crippen LogP contribution in [0.1, 0.15) is 25.7 Å². The molecule has 6 rings (SSSR count). The van der Waals surface area contributed by atoms with E-state index >= 15 is 0 Å². The number of ether oxygens (including phenoxy) is 2. The minimum absolute atomic E-state index is 0.0624. The molecule has 1 N–H and O–H groups in total. The monoisotopic (exact) mass is 474 g/mol. The number of fused-ring (bicyclic) bond motifs is 1. The van der Waals surface area contributed by atoms with Crippen LogP contribution in [0, 0.1) is 0 Å². The van der Waals surface area contributed by atoms with E-state index in [2.05, 4.69) is 35.4 Å². The van der Waals surface area contributed by atoms with Gasteiger partial charge in [-0.15, -0.1) is 10.2 Å². The second kappa shape index (κ2) is 9.79. The first-order valence-electron chi connectivity index (χ1n) is 11.9. The molecule has 1 aliphatic heterocycles. The van der Waals surface area contributed by atoms with E-state index in [9.17, 15) is 0 Å². The molecular weight excluding hydrogens is 448 g/mol. The van der Waals surface area contributed by atoms with Crippen molar-refractivity contribution in [3.8, 4) is 17.3 Å². The Morgan fingerprint density at radius 2 is 1.83 bits per heavy atom. The topological polar surface area (TPSA) is 124 Å². The molecule has 1 saturated heterocycles. The van der Waals surface area contributed by atoms with Crippen LogP contribution in [0.3, 0.4) is 0 Å². The lowest BCUT2D eigenvalue weighted by atomic mass is 9.93. The quantitative estimate of drug-likeness (QED) is 0.443. The highest BCUT2D eigenvalue weighted by Crippen LogP contribution is 2.33. The largest absolute Gasteiger partial charge is 0.474 e. The van der Waals surface area contributed by atoms with Crippen molar-refractivity contribution in [1.29, 1.82) is 0 Å². The summed E-state index contributed by atoms with van der Waals surface area (Å²) in [4.78, 5) is 20.4. The van der Waals surface area contributed by atoms with Gasteiger partial charge in [-0.1, -0.05) is 0 Å². The van der Waals surface area contributed by atoms with E-state index in [0.29, 0.717) is 37.0 Å². The van der Waals surface area contributed by atoms with Gasteiger partial charge in [0.25, 0.3) is 0 Å². The van der Waals surface area contributed by atoms with E-state index in [1.807, 2.05) is 18.2 Å². The Balaban J connectivity index is 1.24. The van der Waals surface area contributed by atoms with Gasteiger partial charge in [0.2, 0.25) is 24.1 Å². The third-order valence-corrected chi connectivity index (χ3v) is 6.42. The summed E-state index contributed by atoms with van der Waals surface area (Å²) in [5.41, 5.74) is 1.55. The molecule has 11 nitrogen and oxygen atoms in total. The van der Waals surface area contributed by atoms with Crippen molar-refractivity contribution >= 4 is 22.7 Å². The fraction of sp³-hybridized carbons (Fsp3) is 0.417. The Morgan fingerprint density at radius 3 is 2.60 bits per heavy atom. The third-order valence-electron chi connectivity index (χ3n) is 6.42. The zero-order valence-corrected chi connectivity index (χ0v) is 19.2. The molecule has 2 aliphatic rings. The lowest BCUT2D eigenvalue weighted by Gasteiger charge is -2.31. The molecule has 0 bridgehead atoms. The van der Waals surface area contributed by atoms with Gasteiger partial charge < -0.3 is 24.1 Å². The van der Waals surface area contributed by atoms with Gasteiger partial charge in [-0.3, -0.25) is 4.98 Å². The summed E-state index contributed by atoms with van der Waals surface area (Å²) >= 11 is 0. The van der Waals surface area contributed by atoms with Crippen molar-refractivity contribution in [2.24, 2.45) is 0 Å². The molecule has 1 saturated carbocycles. The maximum Gasteiger partial charge on any atom is 0.249 e. The smallest absolute Gasteiger partial charge is 0.249 e. The number of nitrogens with zero attached hydrogens (tertiary/aromatic N) is 7. The fourth-order valence-corrected chi connectivity index (χ4v) is 4.58. The van der Waals surface area contributed by atoms with Crippen LogP contribution in [0.2, 0.25) is 0 Å². The Hall–Kier alpha value is -3.86. The summed E-state index contributed by atoms with van der Waals surface area (Å²) < 4.78 is 17.4. The number of aromatic nitrogens is 6. The van der Waals surface area contributed by atoms with Crippen molar-refractivity contribution in [2.45, 2.75) is 37.8 Å². The van der Waals surface area contributed by atoms with Crippen LogP contribution in [0.4, 0.5) is 11.8 Å². The normalized spacial score (nSPS) is 20.6. The van der Waals surface area contributed by atoms with Gasteiger partial charge in [-0.05, 0) is 37.8 Å². The van der Waals surface area contributed by atoms with Gasteiger partial charge in [0, 0.05) is 43.8 Å². The predicted octanol–water partition coefficient (Wildman–Crippen LogP) is 3.11. The highest BCUT2D eigenvalue weighted by atomic mass is 16.5. The number of nitrogens with one attached hydrogen (secondary N) is 1. The van der Waals surface area contributed by atoms with Gasteiger partial charge in [0.1, 0.15) is 11.9 Å². The minimum atomic E-state index is 0.0624. The summed E-state index contributed by atoms with van der Waals surface area (Å²) in [6.07, 6.45) is 10.4. The average molecular weight is 475 g/mol. The number of morpholine rings is 1. The van der Waals surface area contributed by atoms with Gasteiger partial charge in [0.05, 0.1) is 29.7 Å². The van der Waals surface area contributed by atoms with Crippen molar-refractivity contribution in [3.05, 3.63) is 43.2 Å². The highest BCUT2D eigenvalue weighted by molar-refractivity contribution is 5.88. The van der Waals surface area contributed by atoms with E-state index in [0.717, 1.165) is 61.1 Å². The average Bonchev–Trinajstić information content (AvgIpc) is 3.46. The van der Waals surface area contributed by atoms with Crippen LogP contribution >= 0.6 is 0 Å². The maximum absolute atomic E-state index is 6.54. The number of rotatable bonds is 6. The van der Waals surface area contributed by atoms with Crippen LogP contribution < -0.4 is 15.0 Å². The van der Waals surface area contributed by atoms with Gasteiger partial charge in [-0.25, -0.2) is 9.97 Å². The van der Waals surface area contributed by atoms with Gasteiger partial charge in [-0.2, -0.15) is 4.98 Å². The Bertz CT molecular complexity index is 1260.